The van der Waals surface area contributed by atoms with Gasteiger partial charge in [0.05, 0.1) is 19.4 Å². The molecule has 0 heterocycles. The lowest BCUT2D eigenvalue weighted by molar-refractivity contribution is 0.161. The van der Waals surface area contributed by atoms with Gasteiger partial charge in [0.15, 0.2) is 0 Å². The summed E-state index contributed by atoms with van der Waals surface area (Å²) in [6.07, 6.45) is 5.33. The molecule has 1 saturated carbocycles. The van der Waals surface area contributed by atoms with Crippen molar-refractivity contribution >= 4 is 11.7 Å². The van der Waals surface area contributed by atoms with Crippen molar-refractivity contribution in [2.45, 2.75) is 70.5 Å². The minimum absolute atomic E-state index is 0.0137. The highest BCUT2D eigenvalue weighted by Gasteiger charge is 2.17. The molecule has 2 rings (SSSR count). The van der Waals surface area contributed by atoms with Crippen LogP contribution in [0.15, 0.2) is 24.3 Å². The summed E-state index contributed by atoms with van der Waals surface area (Å²) >= 11 is 0. The van der Waals surface area contributed by atoms with Crippen LogP contribution in [0.2, 0.25) is 0 Å². The van der Waals surface area contributed by atoms with Gasteiger partial charge in [-0.15, -0.1) is 0 Å². The molecule has 6 nitrogen and oxygen atoms in total. The lowest BCUT2D eigenvalue weighted by atomic mass is 9.96. The van der Waals surface area contributed by atoms with E-state index in [4.69, 9.17) is 11.6 Å². The lowest BCUT2D eigenvalue weighted by Gasteiger charge is -2.27. The summed E-state index contributed by atoms with van der Waals surface area (Å²) in [7, 11) is 0. The molecular formula is C20H33N3O3. The van der Waals surface area contributed by atoms with E-state index >= 15 is 0 Å². The van der Waals surface area contributed by atoms with Gasteiger partial charge in [0, 0.05) is 17.3 Å². The number of hydrogen-bond donors (Lipinski definition) is 4. The Bertz CT molecular complexity index is 744. The van der Waals surface area contributed by atoms with Gasteiger partial charge in [-0.1, -0.05) is 19.3 Å². The molecule has 1 aliphatic carbocycles. The number of ether oxygens (including phenoxy) is 1. The first-order chi connectivity index (χ1) is 14.1. The summed E-state index contributed by atoms with van der Waals surface area (Å²) in [6, 6.07) is 2.86. The second kappa shape index (κ2) is 9.78. The predicted molar refractivity (Wildman–Crippen MR) is 105 cm³/mol. The molecule has 146 valence electrons. The minimum Gasteiger partial charge on any atom is -0.492 e. The van der Waals surface area contributed by atoms with Crippen molar-refractivity contribution < 1.29 is 21.5 Å². The molecule has 0 radical (unpaired) electrons. The maximum atomic E-state index is 12.2. The molecule has 1 atom stereocenters. The topological polar surface area (TPSA) is 82.6 Å². The largest absolute Gasteiger partial charge is 0.492 e. The highest BCUT2D eigenvalue weighted by Crippen LogP contribution is 2.19. The molecule has 0 aromatic heterocycles. The molecule has 1 aromatic rings. The summed E-state index contributed by atoms with van der Waals surface area (Å²) in [5.41, 5.74) is -0.405. The minimum atomic E-state index is -3.25. The Morgan fingerprint density at radius 1 is 1.31 bits per heavy atom. The van der Waals surface area contributed by atoms with Gasteiger partial charge in [-0.05, 0) is 57.9 Å². The molecular weight excluding hydrogens is 330 g/mol. The first-order valence-corrected chi connectivity index (χ1v) is 9.01. The maximum absolute atomic E-state index is 12.2. The zero-order chi connectivity index (χ0) is 23.5. The van der Waals surface area contributed by atoms with Gasteiger partial charge < -0.3 is 25.8 Å². The number of amides is 2. The van der Waals surface area contributed by atoms with E-state index in [1.165, 1.54) is 30.7 Å². The monoisotopic (exact) mass is 368 g/mol. The number of benzene rings is 1. The number of carbonyl (C=O) groups is 1. The normalized spacial score (nSPS) is 21.9. The number of anilines is 1. The SMILES string of the molecule is [2H]C([2H])(O)C([2H])(NC(C)(C)C)C([2H])([2H])Oc1ccc(NC(=O)NC2CCCCC2)cc1. The fourth-order valence-corrected chi connectivity index (χ4v) is 2.77. The van der Waals surface area contributed by atoms with Crippen molar-refractivity contribution in [1.29, 1.82) is 0 Å². The van der Waals surface area contributed by atoms with E-state index in [9.17, 15) is 9.90 Å². The Balaban J connectivity index is 2.06. The molecule has 0 saturated heterocycles. The fraction of sp³-hybridized carbons (Fsp3) is 0.650. The van der Waals surface area contributed by atoms with Crippen LogP contribution in [0.5, 0.6) is 5.75 Å². The predicted octanol–water partition coefficient (Wildman–Crippen LogP) is 3.27. The van der Waals surface area contributed by atoms with Gasteiger partial charge in [0.25, 0.3) is 0 Å². The van der Waals surface area contributed by atoms with Gasteiger partial charge in [-0.3, -0.25) is 0 Å². The molecule has 2 amide bonds. The van der Waals surface area contributed by atoms with Crippen LogP contribution in [0.3, 0.4) is 0 Å². The van der Waals surface area contributed by atoms with Crippen molar-refractivity contribution in [2.24, 2.45) is 0 Å². The second-order valence-corrected chi connectivity index (χ2v) is 7.52. The van der Waals surface area contributed by atoms with E-state index in [1.54, 1.807) is 20.8 Å². The molecule has 4 N–H and O–H groups in total. The molecule has 26 heavy (non-hydrogen) atoms. The number of urea groups is 1. The first-order valence-electron chi connectivity index (χ1n) is 11.5. The van der Waals surface area contributed by atoms with Gasteiger partial charge in [-0.25, -0.2) is 4.79 Å². The summed E-state index contributed by atoms with van der Waals surface area (Å²) in [4.78, 5) is 12.2. The van der Waals surface area contributed by atoms with E-state index in [0.717, 1.165) is 25.7 Å². The van der Waals surface area contributed by atoms with Crippen LogP contribution in [-0.2, 0) is 0 Å². The summed E-state index contributed by atoms with van der Waals surface area (Å²) < 4.78 is 45.2. The van der Waals surface area contributed by atoms with Crippen LogP contribution in [0.1, 0.15) is 59.7 Å². The zero-order valence-corrected chi connectivity index (χ0v) is 15.7. The smallest absolute Gasteiger partial charge is 0.319 e. The third-order valence-corrected chi connectivity index (χ3v) is 3.94. The maximum Gasteiger partial charge on any atom is 0.319 e. The Kier molecular flexibility index (Phi) is 5.38. The van der Waals surface area contributed by atoms with Gasteiger partial charge >= 0.3 is 6.03 Å². The van der Waals surface area contributed by atoms with Crippen LogP contribution in [0.25, 0.3) is 0 Å². The number of rotatable bonds is 7. The van der Waals surface area contributed by atoms with Crippen molar-refractivity contribution in [1.82, 2.24) is 10.6 Å². The fourth-order valence-electron chi connectivity index (χ4n) is 2.77. The van der Waals surface area contributed by atoms with Crippen molar-refractivity contribution in [3.8, 4) is 5.75 Å². The highest BCUT2D eigenvalue weighted by molar-refractivity contribution is 5.89. The quantitative estimate of drug-likeness (QED) is 0.595. The average molecular weight is 369 g/mol. The molecule has 1 aromatic carbocycles. The van der Waals surface area contributed by atoms with Crippen LogP contribution in [-0.4, -0.2) is 41.9 Å². The Labute approximate surface area is 163 Å². The molecule has 0 spiro atoms. The third kappa shape index (κ3) is 7.62. The third-order valence-electron chi connectivity index (χ3n) is 3.94. The zero-order valence-electron chi connectivity index (χ0n) is 20.7. The van der Waals surface area contributed by atoms with Gasteiger partial charge in [0.1, 0.15) is 12.3 Å². The Morgan fingerprint density at radius 2 is 1.96 bits per heavy atom. The average Bonchev–Trinajstić information content (AvgIpc) is 2.61. The van der Waals surface area contributed by atoms with Crippen LogP contribution < -0.4 is 20.7 Å². The van der Waals surface area contributed by atoms with Crippen LogP contribution in [0, 0.1) is 0 Å². The van der Waals surface area contributed by atoms with Crippen molar-refractivity contribution in [2.75, 3.05) is 18.4 Å². The summed E-state index contributed by atoms with van der Waals surface area (Å²) in [5, 5.41) is 18.0. The highest BCUT2D eigenvalue weighted by atomic mass is 16.5. The molecule has 0 aliphatic heterocycles. The standard InChI is InChI=1S/C20H33N3O3/c1-20(2,3)23-17(13-24)14-26-18-11-9-16(10-12-18)22-19(25)21-15-7-5-4-6-8-15/h9-12,15,17,23-24H,4-8,13-14H2,1-3H3,(H2,21,22,25)/i13D2,14D2,17D. The molecule has 1 fully saturated rings. The summed E-state index contributed by atoms with van der Waals surface area (Å²) in [5.74, 6) is 0.0137. The number of aliphatic hydroxyl groups is 1. The second-order valence-electron chi connectivity index (χ2n) is 7.52. The first kappa shape index (κ1) is 14.3. The van der Waals surface area contributed by atoms with Crippen molar-refractivity contribution in [3.63, 3.8) is 0 Å². The lowest BCUT2D eigenvalue weighted by Crippen LogP contribution is -2.48. The molecule has 6 heteroatoms. The van der Waals surface area contributed by atoms with Crippen LogP contribution in [0.4, 0.5) is 10.5 Å². The number of carbonyl (C=O) groups excluding carboxylic acids is 1. The van der Waals surface area contributed by atoms with Crippen LogP contribution >= 0.6 is 0 Å². The Hall–Kier alpha value is -1.79. The molecule has 1 aliphatic rings. The van der Waals surface area contributed by atoms with E-state index in [2.05, 4.69) is 16.0 Å². The van der Waals surface area contributed by atoms with Crippen molar-refractivity contribution in [3.05, 3.63) is 24.3 Å². The van der Waals surface area contributed by atoms with E-state index < -0.39 is 24.7 Å². The summed E-state index contributed by atoms with van der Waals surface area (Å²) in [6.45, 7) is -1.32. The van der Waals surface area contributed by atoms with Gasteiger partial charge in [0.2, 0.25) is 0 Å². The number of nitrogens with one attached hydrogen (secondary N) is 3. The van der Waals surface area contributed by atoms with Gasteiger partial charge in [-0.2, -0.15) is 0 Å². The number of hydrogen-bond acceptors (Lipinski definition) is 4. The molecule has 0 bridgehead atoms. The van der Waals surface area contributed by atoms with E-state index in [-0.39, 0.29) is 17.8 Å². The van der Waals surface area contributed by atoms with E-state index in [0.29, 0.717) is 5.69 Å². The van der Waals surface area contributed by atoms with E-state index in [1.807, 2.05) is 0 Å². The molecule has 1 unspecified atom stereocenters. The Morgan fingerprint density at radius 3 is 2.54 bits per heavy atom.